The highest BCUT2D eigenvalue weighted by Gasteiger charge is 2.18. The van der Waals surface area contributed by atoms with Gasteiger partial charge in [-0.3, -0.25) is 4.98 Å². The summed E-state index contributed by atoms with van der Waals surface area (Å²) in [5.41, 5.74) is 9.89. The summed E-state index contributed by atoms with van der Waals surface area (Å²) in [4.78, 5) is 4.01. The van der Waals surface area contributed by atoms with Gasteiger partial charge in [0.15, 0.2) is 0 Å². The highest BCUT2D eigenvalue weighted by atomic mass is 16.5. The molecule has 1 aromatic carbocycles. The van der Waals surface area contributed by atoms with Gasteiger partial charge in [-0.25, -0.2) is 0 Å². The second-order valence-electron chi connectivity index (χ2n) is 4.96. The molecule has 3 heteroatoms. The molecule has 0 saturated carbocycles. The standard InChI is InChI=1S/C16H18N2O/c17-16-4-1-13-11-14(2-3-15(13)16)19-10-7-12-5-8-18-9-6-12/h2-3,5-6,8-9,11,16H,1,4,7,10,17H2/t16-/m1/s1. The Bertz CT molecular complexity index is 554. The lowest BCUT2D eigenvalue weighted by Crippen LogP contribution is -2.05. The molecular weight excluding hydrogens is 236 g/mol. The Kier molecular flexibility index (Phi) is 3.47. The van der Waals surface area contributed by atoms with Crippen LogP contribution in [-0.2, 0) is 12.8 Å². The summed E-state index contributed by atoms with van der Waals surface area (Å²) in [6.45, 7) is 0.689. The molecule has 1 aliphatic carbocycles. The van der Waals surface area contributed by atoms with Crippen LogP contribution in [0.2, 0.25) is 0 Å². The maximum atomic E-state index is 6.03. The summed E-state index contributed by atoms with van der Waals surface area (Å²) in [7, 11) is 0. The zero-order valence-electron chi connectivity index (χ0n) is 10.9. The molecule has 0 amide bonds. The number of nitrogens with two attached hydrogens (primary N) is 1. The summed E-state index contributed by atoms with van der Waals surface area (Å²) in [5, 5.41) is 0. The van der Waals surface area contributed by atoms with E-state index in [1.165, 1.54) is 16.7 Å². The molecular formula is C16H18N2O. The first-order valence-corrected chi connectivity index (χ1v) is 6.73. The summed E-state index contributed by atoms with van der Waals surface area (Å²) in [6, 6.07) is 10.5. The highest BCUT2D eigenvalue weighted by molar-refractivity contribution is 5.40. The van der Waals surface area contributed by atoms with E-state index >= 15 is 0 Å². The van der Waals surface area contributed by atoms with Gasteiger partial charge in [-0.15, -0.1) is 0 Å². The van der Waals surface area contributed by atoms with Gasteiger partial charge in [0, 0.05) is 24.9 Å². The monoisotopic (exact) mass is 254 g/mol. The van der Waals surface area contributed by atoms with Crippen molar-refractivity contribution in [2.75, 3.05) is 6.61 Å². The van der Waals surface area contributed by atoms with E-state index in [0.717, 1.165) is 25.0 Å². The molecule has 0 saturated heterocycles. The van der Waals surface area contributed by atoms with Crippen molar-refractivity contribution in [3.05, 3.63) is 59.4 Å². The molecule has 98 valence electrons. The number of aromatic nitrogens is 1. The summed E-state index contributed by atoms with van der Waals surface area (Å²) < 4.78 is 5.81. The first kappa shape index (κ1) is 12.2. The maximum Gasteiger partial charge on any atom is 0.119 e. The number of hydrogen-bond acceptors (Lipinski definition) is 3. The van der Waals surface area contributed by atoms with Crippen LogP contribution in [0.25, 0.3) is 0 Å². The van der Waals surface area contributed by atoms with Crippen LogP contribution in [0.5, 0.6) is 5.75 Å². The van der Waals surface area contributed by atoms with Crippen molar-refractivity contribution in [1.82, 2.24) is 4.98 Å². The Morgan fingerprint density at radius 3 is 2.89 bits per heavy atom. The molecule has 0 bridgehead atoms. The van der Waals surface area contributed by atoms with Gasteiger partial charge in [0.05, 0.1) is 6.61 Å². The van der Waals surface area contributed by atoms with E-state index in [1.807, 2.05) is 30.6 Å². The van der Waals surface area contributed by atoms with Crippen LogP contribution in [0.1, 0.15) is 29.2 Å². The Morgan fingerprint density at radius 2 is 2.05 bits per heavy atom. The minimum Gasteiger partial charge on any atom is -0.493 e. The molecule has 19 heavy (non-hydrogen) atoms. The van der Waals surface area contributed by atoms with E-state index in [4.69, 9.17) is 10.5 Å². The van der Waals surface area contributed by atoms with Crippen LogP contribution >= 0.6 is 0 Å². The third-order valence-electron chi connectivity index (χ3n) is 3.65. The molecule has 0 radical (unpaired) electrons. The third kappa shape index (κ3) is 2.76. The molecule has 3 rings (SSSR count). The van der Waals surface area contributed by atoms with Crippen LogP contribution in [-0.4, -0.2) is 11.6 Å². The molecule has 1 aromatic heterocycles. The van der Waals surface area contributed by atoms with E-state index in [0.29, 0.717) is 6.61 Å². The van der Waals surface area contributed by atoms with Crippen molar-refractivity contribution in [3.63, 3.8) is 0 Å². The van der Waals surface area contributed by atoms with E-state index in [9.17, 15) is 0 Å². The Morgan fingerprint density at radius 1 is 1.21 bits per heavy atom. The number of hydrogen-bond donors (Lipinski definition) is 1. The van der Waals surface area contributed by atoms with Gasteiger partial charge in [-0.2, -0.15) is 0 Å². The fourth-order valence-electron chi connectivity index (χ4n) is 2.55. The summed E-state index contributed by atoms with van der Waals surface area (Å²) in [6.07, 6.45) is 6.64. The molecule has 1 heterocycles. The normalized spacial score (nSPS) is 17.2. The number of ether oxygens (including phenoxy) is 1. The summed E-state index contributed by atoms with van der Waals surface area (Å²) in [5.74, 6) is 0.946. The molecule has 3 nitrogen and oxygen atoms in total. The number of fused-ring (bicyclic) bond motifs is 1. The van der Waals surface area contributed by atoms with Gasteiger partial charge >= 0.3 is 0 Å². The van der Waals surface area contributed by atoms with Gasteiger partial charge < -0.3 is 10.5 Å². The number of nitrogens with zero attached hydrogens (tertiary/aromatic N) is 1. The Hall–Kier alpha value is -1.87. The summed E-state index contributed by atoms with van der Waals surface area (Å²) >= 11 is 0. The van der Waals surface area contributed by atoms with Gasteiger partial charge in [-0.1, -0.05) is 6.07 Å². The zero-order chi connectivity index (χ0) is 13.1. The molecule has 1 atom stereocenters. The predicted molar refractivity (Wildman–Crippen MR) is 75.1 cm³/mol. The van der Waals surface area contributed by atoms with Crippen LogP contribution < -0.4 is 10.5 Å². The highest BCUT2D eigenvalue weighted by Crippen LogP contribution is 2.31. The van der Waals surface area contributed by atoms with Crippen molar-refractivity contribution in [3.8, 4) is 5.75 Å². The number of pyridine rings is 1. The largest absolute Gasteiger partial charge is 0.493 e. The fourth-order valence-corrected chi connectivity index (χ4v) is 2.55. The quantitative estimate of drug-likeness (QED) is 0.912. The molecule has 2 N–H and O–H groups in total. The van der Waals surface area contributed by atoms with Gasteiger partial charge in [-0.05, 0) is 53.8 Å². The lowest BCUT2D eigenvalue weighted by Gasteiger charge is -2.09. The van der Waals surface area contributed by atoms with Gasteiger partial charge in [0.25, 0.3) is 0 Å². The number of benzene rings is 1. The van der Waals surface area contributed by atoms with E-state index in [1.54, 1.807) is 0 Å². The topological polar surface area (TPSA) is 48.1 Å². The van der Waals surface area contributed by atoms with Crippen molar-refractivity contribution in [2.24, 2.45) is 5.73 Å². The van der Waals surface area contributed by atoms with E-state index in [-0.39, 0.29) is 6.04 Å². The Balaban J connectivity index is 1.59. The predicted octanol–water partition coefficient (Wildman–Crippen LogP) is 2.65. The minimum absolute atomic E-state index is 0.209. The minimum atomic E-state index is 0.209. The molecule has 2 aromatic rings. The van der Waals surface area contributed by atoms with Crippen LogP contribution in [0.4, 0.5) is 0 Å². The number of rotatable bonds is 4. The van der Waals surface area contributed by atoms with Crippen LogP contribution in [0, 0.1) is 0 Å². The van der Waals surface area contributed by atoms with Crippen LogP contribution in [0.3, 0.4) is 0 Å². The van der Waals surface area contributed by atoms with Crippen molar-refractivity contribution >= 4 is 0 Å². The van der Waals surface area contributed by atoms with Gasteiger partial charge in [0.1, 0.15) is 5.75 Å². The first-order chi connectivity index (χ1) is 9.33. The smallest absolute Gasteiger partial charge is 0.119 e. The van der Waals surface area contributed by atoms with E-state index in [2.05, 4.69) is 17.1 Å². The third-order valence-corrected chi connectivity index (χ3v) is 3.65. The van der Waals surface area contributed by atoms with Crippen molar-refractivity contribution in [1.29, 1.82) is 0 Å². The molecule has 1 aliphatic rings. The second kappa shape index (κ2) is 5.41. The molecule has 0 fully saturated rings. The average molecular weight is 254 g/mol. The molecule has 0 unspecified atom stereocenters. The first-order valence-electron chi connectivity index (χ1n) is 6.73. The molecule has 0 spiro atoms. The fraction of sp³-hybridized carbons (Fsp3) is 0.312. The SMILES string of the molecule is N[C@@H]1CCc2cc(OCCc3ccncc3)ccc21. The number of aryl methyl sites for hydroxylation is 1. The average Bonchev–Trinajstić information content (AvgIpc) is 2.81. The lowest BCUT2D eigenvalue weighted by atomic mass is 10.1. The van der Waals surface area contributed by atoms with E-state index < -0.39 is 0 Å². The van der Waals surface area contributed by atoms with Crippen molar-refractivity contribution in [2.45, 2.75) is 25.3 Å². The molecule has 0 aliphatic heterocycles. The zero-order valence-corrected chi connectivity index (χ0v) is 10.9. The second-order valence-corrected chi connectivity index (χ2v) is 4.96. The van der Waals surface area contributed by atoms with Gasteiger partial charge in [0.2, 0.25) is 0 Å². The van der Waals surface area contributed by atoms with Crippen LogP contribution in [0.15, 0.2) is 42.7 Å². The Labute approximate surface area is 113 Å². The van der Waals surface area contributed by atoms with Crippen molar-refractivity contribution < 1.29 is 4.74 Å². The maximum absolute atomic E-state index is 6.03. The lowest BCUT2D eigenvalue weighted by molar-refractivity contribution is 0.321.